The van der Waals surface area contributed by atoms with Gasteiger partial charge in [-0.3, -0.25) is 9.78 Å². The molecular formula is C17H17IN2O2. The fourth-order valence-corrected chi connectivity index (χ4v) is 3.13. The predicted octanol–water partition coefficient (Wildman–Crippen LogP) is 3.37. The predicted molar refractivity (Wildman–Crippen MR) is 92.9 cm³/mol. The SMILES string of the molecule is O=C(c1cccc(I)c1)N1CCC(Oc2cccnc2)CC1. The van der Waals surface area contributed by atoms with Gasteiger partial charge in [0.1, 0.15) is 11.9 Å². The number of piperidine rings is 1. The van der Waals surface area contributed by atoms with Gasteiger partial charge in [0.2, 0.25) is 0 Å². The molecule has 1 fully saturated rings. The van der Waals surface area contributed by atoms with Crippen LogP contribution < -0.4 is 4.74 Å². The first kappa shape index (κ1) is 15.3. The molecule has 0 saturated carbocycles. The van der Waals surface area contributed by atoms with Gasteiger partial charge in [0.15, 0.2) is 0 Å². The number of hydrogen-bond acceptors (Lipinski definition) is 3. The molecule has 0 aliphatic carbocycles. The molecule has 114 valence electrons. The smallest absolute Gasteiger partial charge is 0.253 e. The lowest BCUT2D eigenvalue weighted by atomic mass is 10.1. The second-order valence-corrected chi connectivity index (χ2v) is 6.55. The minimum atomic E-state index is 0.110. The van der Waals surface area contributed by atoms with Gasteiger partial charge in [-0.15, -0.1) is 0 Å². The molecule has 22 heavy (non-hydrogen) atoms. The molecule has 1 aliphatic heterocycles. The number of hydrogen-bond donors (Lipinski definition) is 0. The molecule has 1 amide bonds. The number of benzene rings is 1. The van der Waals surface area contributed by atoms with E-state index in [0.717, 1.165) is 40.8 Å². The number of aromatic nitrogens is 1. The van der Waals surface area contributed by atoms with Crippen LogP contribution in [0.15, 0.2) is 48.8 Å². The zero-order valence-electron chi connectivity index (χ0n) is 12.1. The summed E-state index contributed by atoms with van der Waals surface area (Å²) in [5, 5.41) is 0. The minimum absolute atomic E-state index is 0.110. The molecule has 1 aliphatic rings. The van der Waals surface area contributed by atoms with Gasteiger partial charge in [-0.05, 0) is 52.9 Å². The summed E-state index contributed by atoms with van der Waals surface area (Å²) in [6.07, 6.45) is 5.32. The van der Waals surface area contributed by atoms with Crippen LogP contribution in [0.3, 0.4) is 0 Å². The molecule has 1 saturated heterocycles. The molecule has 2 heterocycles. The summed E-state index contributed by atoms with van der Waals surface area (Å²) in [5.41, 5.74) is 0.763. The van der Waals surface area contributed by atoms with Gasteiger partial charge in [-0.25, -0.2) is 0 Å². The number of amides is 1. The maximum absolute atomic E-state index is 12.5. The normalized spacial score (nSPS) is 15.6. The molecule has 0 spiro atoms. The lowest BCUT2D eigenvalue weighted by molar-refractivity contribution is 0.0595. The van der Waals surface area contributed by atoms with Crippen molar-refractivity contribution in [1.82, 2.24) is 9.88 Å². The topological polar surface area (TPSA) is 42.4 Å². The van der Waals surface area contributed by atoms with E-state index < -0.39 is 0 Å². The third kappa shape index (κ3) is 3.76. The summed E-state index contributed by atoms with van der Waals surface area (Å²) < 4.78 is 6.99. The van der Waals surface area contributed by atoms with Gasteiger partial charge in [0.25, 0.3) is 5.91 Å². The Balaban J connectivity index is 1.56. The van der Waals surface area contributed by atoms with Gasteiger partial charge in [0, 0.05) is 41.3 Å². The van der Waals surface area contributed by atoms with Crippen molar-refractivity contribution in [2.24, 2.45) is 0 Å². The average molecular weight is 408 g/mol. The largest absolute Gasteiger partial charge is 0.489 e. The van der Waals surface area contributed by atoms with Crippen molar-refractivity contribution in [3.63, 3.8) is 0 Å². The second kappa shape index (κ2) is 7.09. The highest BCUT2D eigenvalue weighted by molar-refractivity contribution is 14.1. The van der Waals surface area contributed by atoms with Crippen LogP contribution in [-0.2, 0) is 0 Å². The monoisotopic (exact) mass is 408 g/mol. The van der Waals surface area contributed by atoms with Crippen molar-refractivity contribution in [3.05, 3.63) is 57.9 Å². The van der Waals surface area contributed by atoms with E-state index in [4.69, 9.17) is 4.74 Å². The molecule has 1 aromatic heterocycles. The van der Waals surface area contributed by atoms with Crippen LogP contribution in [-0.4, -0.2) is 35.0 Å². The third-order valence-electron chi connectivity index (χ3n) is 3.74. The van der Waals surface area contributed by atoms with Crippen LogP contribution in [0.2, 0.25) is 0 Å². The van der Waals surface area contributed by atoms with Gasteiger partial charge < -0.3 is 9.64 Å². The van der Waals surface area contributed by atoms with E-state index in [9.17, 15) is 4.79 Å². The van der Waals surface area contributed by atoms with E-state index in [0.29, 0.717) is 0 Å². The Morgan fingerprint density at radius 2 is 2.05 bits per heavy atom. The van der Waals surface area contributed by atoms with E-state index >= 15 is 0 Å². The van der Waals surface area contributed by atoms with E-state index in [1.54, 1.807) is 12.4 Å². The third-order valence-corrected chi connectivity index (χ3v) is 4.41. The molecule has 0 unspecified atom stereocenters. The summed E-state index contributed by atoms with van der Waals surface area (Å²) in [6.45, 7) is 1.46. The number of nitrogens with zero attached hydrogens (tertiary/aromatic N) is 2. The Morgan fingerprint density at radius 3 is 2.73 bits per heavy atom. The highest BCUT2D eigenvalue weighted by Gasteiger charge is 2.24. The summed E-state index contributed by atoms with van der Waals surface area (Å²) in [6, 6.07) is 11.5. The molecule has 0 N–H and O–H groups in total. The van der Waals surface area contributed by atoms with Crippen molar-refractivity contribution in [2.75, 3.05) is 13.1 Å². The first-order valence-corrected chi connectivity index (χ1v) is 8.42. The maximum atomic E-state index is 12.5. The van der Waals surface area contributed by atoms with Crippen LogP contribution in [0, 0.1) is 3.57 Å². The van der Waals surface area contributed by atoms with Gasteiger partial charge >= 0.3 is 0 Å². The highest BCUT2D eigenvalue weighted by atomic mass is 127. The van der Waals surface area contributed by atoms with Crippen LogP contribution >= 0.6 is 22.6 Å². The second-order valence-electron chi connectivity index (χ2n) is 5.31. The maximum Gasteiger partial charge on any atom is 0.253 e. The van der Waals surface area contributed by atoms with E-state index in [-0.39, 0.29) is 12.0 Å². The molecule has 3 rings (SSSR count). The number of carbonyl (C=O) groups is 1. The molecule has 4 nitrogen and oxygen atoms in total. The van der Waals surface area contributed by atoms with Gasteiger partial charge in [-0.1, -0.05) is 6.07 Å². The summed E-state index contributed by atoms with van der Waals surface area (Å²) in [5.74, 6) is 0.906. The van der Waals surface area contributed by atoms with Crippen molar-refractivity contribution >= 4 is 28.5 Å². The molecule has 0 radical (unpaired) electrons. The Hall–Kier alpha value is -1.63. The van der Waals surface area contributed by atoms with Crippen molar-refractivity contribution in [1.29, 1.82) is 0 Å². The summed E-state index contributed by atoms with van der Waals surface area (Å²) in [7, 11) is 0. The Bertz CT molecular complexity index is 640. The number of pyridine rings is 1. The fourth-order valence-electron chi connectivity index (χ4n) is 2.59. The van der Waals surface area contributed by atoms with Gasteiger partial charge in [0.05, 0.1) is 6.20 Å². The number of likely N-dealkylation sites (tertiary alicyclic amines) is 1. The molecule has 0 atom stereocenters. The first-order valence-electron chi connectivity index (χ1n) is 7.34. The quantitative estimate of drug-likeness (QED) is 0.732. The summed E-state index contributed by atoms with van der Waals surface area (Å²) >= 11 is 2.23. The zero-order chi connectivity index (χ0) is 15.4. The number of halogens is 1. The number of carbonyl (C=O) groups excluding carboxylic acids is 1. The number of ether oxygens (including phenoxy) is 1. The number of rotatable bonds is 3. The molecule has 5 heteroatoms. The molecular weight excluding hydrogens is 391 g/mol. The van der Waals surface area contributed by atoms with Crippen molar-refractivity contribution < 1.29 is 9.53 Å². The van der Waals surface area contributed by atoms with Crippen LogP contribution in [0.25, 0.3) is 0 Å². The first-order chi connectivity index (χ1) is 10.7. The fraction of sp³-hybridized carbons (Fsp3) is 0.294. The van der Waals surface area contributed by atoms with Crippen LogP contribution in [0.1, 0.15) is 23.2 Å². The molecule has 0 bridgehead atoms. The van der Waals surface area contributed by atoms with Crippen LogP contribution in [0.4, 0.5) is 0 Å². The highest BCUT2D eigenvalue weighted by Crippen LogP contribution is 2.20. The van der Waals surface area contributed by atoms with E-state index in [2.05, 4.69) is 27.6 Å². The Kier molecular flexibility index (Phi) is 4.92. The average Bonchev–Trinajstić information content (AvgIpc) is 2.56. The standard InChI is InChI=1S/C17H17IN2O2/c18-14-4-1-3-13(11-14)17(21)20-9-6-15(7-10-20)22-16-5-2-8-19-12-16/h1-5,8,11-12,15H,6-7,9-10H2. The van der Waals surface area contributed by atoms with Crippen molar-refractivity contribution in [2.45, 2.75) is 18.9 Å². The van der Waals surface area contributed by atoms with E-state index in [1.807, 2.05) is 41.3 Å². The molecule has 2 aromatic rings. The minimum Gasteiger partial charge on any atom is -0.489 e. The van der Waals surface area contributed by atoms with Crippen molar-refractivity contribution in [3.8, 4) is 5.75 Å². The zero-order valence-corrected chi connectivity index (χ0v) is 14.3. The molecule has 1 aromatic carbocycles. The van der Waals surface area contributed by atoms with Gasteiger partial charge in [-0.2, -0.15) is 0 Å². The lowest BCUT2D eigenvalue weighted by Gasteiger charge is -2.32. The Morgan fingerprint density at radius 1 is 1.23 bits per heavy atom. The van der Waals surface area contributed by atoms with E-state index in [1.165, 1.54) is 0 Å². The van der Waals surface area contributed by atoms with Crippen LogP contribution in [0.5, 0.6) is 5.75 Å². The lowest BCUT2D eigenvalue weighted by Crippen LogP contribution is -2.41. The summed E-state index contributed by atoms with van der Waals surface area (Å²) in [4.78, 5) is 18.5. The Labute approximate surface area is 143 Å².